The van der Waals surface area contributed by atoms with Gasteiger partial charge in [-0.25, -0.2) is 4.68 Å². The molecule has 1 heterocycles. The normalized spacial score (nSPS) is 10.4. The smallest absolute Gasteiger partial charge is 0.0776 e. The van der Waals surface area contributed by atoms with Gasteiger partial charge in [-0.1, -0.05) is 22.0 Å². The Balaban J connectivity index is 2.39. The molecule has 1 aromatic carbocycles. The monoisotopic (exact) mass is 270 g/mol. The first-order chi connectivity index (χ1) is 6.79. The van der Waals surface area contributed by atoms with Gasteiger partial charge in [0.15, 0.2) is 0 Å². The molecular formula is C10H8BrClN2. The first-order valence-corrected chi connectivity index (χ1v) is 5.49. The average molecular weight is 272 g/mol. The molecule has 0 saturated carbocycles. The minimum atomic E-state index is 0.445. The summed E-state index contributed by atoms with van der Waals surface area (Å²) < 4.78 is 2.85. The molecule has 2 aromatic rings. The van der Waals surface area contributed by atoms with Crippen LogP contribution in [0.15, 0.2) is 41.0 Å². The third-order valence-corrected chi connectivity index (χ3v) is 2.62. The van der Waals surface area contributed by atoms with Crippen LogP contribution in [0.2, 0.25) is 0 Å². The Labute approximate surface area is 95.6 Å². The number of hydrogen-bond acceptors (Lipinski definition) is 1. The van der Waals surface area contributed by atoms with Crippen molar-refractivity contribution >= 4 is 27.5 Å². The van der Waals surface area contributed by atoms with Gasteiger partial charge in [-0.3, -0.25) is 0 Å². The standard InChI is InChI=1S/C10H8BrClN2/c11-8-2-1-3-10(6-8)14-5-4-9(7-12)13-14/h1-6H,7H2. The molecule has 0 N–H and O–H groups in total. The van der Waals surface area contributed by atoms with E-state index < -0.39 is 0 Å². The molecule has 0 aliphatic rings. The van der Waals surface area contributed by atoms with Crippen molar-refractivity contribution < 1.29 is 0 Å². The highest BCUT2D eigenvalue weighted by Gasteiger charge is 1.99. The topological polar surface area (TPSA) is 17.8 Å². The van der Waals surface area contributed by atoms with E-state index in [1.807, 2.05) is 41.2 Å². The highest BCUT2D eigenvalue weighted by atomic mass is 79.9. The molecule has 0 aliphatic carbocycles. The second kappa shape index (κ2) is 4.15. The predicted molar refractivity (Wildman–Crippen MR) is 60.8 cm³/mol. The van der Waals surface area contributed by atoms with Crippen molar-refractivity contribution in [2.45, 2.75) is 5.88 Å². The SMILES string of the molecule is ClCc1ccn(-c2cccc(Br)c2)n1. The molecule has 72 valence electrons. The molecule has 0 atom stereocenters. The van der Waals surface area contributed by atoms with Gasteiger partial charge >= 0.3 is 0 Å². The molecule has 1 aromatic heterocycles. The fourth-order valence-electron chi connectivity index (χ4n) is 1.20. The summed E-state index contributed by atoms with van der Waals surface area (Å²) in [6, 6.07) is 9.87. The zero-order chi connectivity index (χ0) is 9.97. The lowest BCUT2D eigenvalue weighted by atomic mass is 10.3. The van der Waals surface area contributed by atoms with Crippen LogP contribution in [0, 0.1) is 0 Å². The Morgan fingerprint density at radius 1 is 1.36 bits per heavy atom. The highest BCUT2D eigenvalue weighted by molar-refractivity contribution is 9.10. The van der Waals surface area contributed by atoms with Crippen LogP contribution in [0.4, 0.5) is 0 Å². The third-order valence-electron chi connectivity index (χ3n) is 1.85. The van der Waals surface area contributed by atoms with Gasteiger partial charge in [0.05, 0.1) is 17.3 Å². The number of aromatic nitrogens is 2. The van der Waals surface area contributed by atoms with Crippen LogP contribution in [-0.4, -0.2) is 9.78 Å². The van der Waals surface area contributed by atoms with Gasteiger partial charge < -0.3 is 0 Å². The fourth-order valence-corrected chi connectivity index (χ4v) is 1.73. The lowest BCUT2D eigenvalue weighted by Crippen LogP contribution is -1.94. The van der Waals surface area contributed by atoms with E-state index in [4.69, 9.17) is 11.6 Å². The van der Waals surface area contributed by atoms with E-state index >= 15 is 0 Å². The predicted octanol–water partition coefficient (Wildman–Crippen LogP) is 3.37. The lowest BCUT2D eigenvalue weighted by molar-refractivity contribution is 0.858. The summed E-state index contributed by atoms with van der Waals surface area (Å²) >= 11 is 9.09. The molecule has 0 radical (unpaired) electrons. The summed E-state index contributed by atoms with van der Waals surface area (Å²) in [4.78, 5) is 0. The van der Waals surface area contributed by atoms with Crippen LogP contribution >= 0.6 is 27.5 Å². The molecule has 2 nitrogen and oxygen atoms in total. The molecule has 4 heteroatoms. The lowest BCUT2D eigenvalue weighted by Gasteiger charge is -2.00. The van der Waals surface area contributed by atoms with Crippen molar-refractivity contribution in [2.75, 3.05) is 0 Å². The zero-order valence-electron chi connectivity index (χ0n) is 7.32. The van der Waals surface area contributed by atoms with Crippen LogP contribution in [0.25, 0.3) is 5.69 Å². The van der Waals surface area contributed by atoms with Gasteiger partial charge in [-0.2, -0.15) is 5.10 Å². The minimum Gasteiger partial charge on any atom is -0.241 e. The van der Waals surface area contributed by atoms with E-state index in [9.17, 15) is 0 Å². The Bertz CT molecular complexity index is 439. The maximum Gasteiger partial charge on any atom is 0.0776 e. The molecule has 0 aliphatic heterocycles. The molecule has 0 bridgehead atoms. The molecule has 0 amide bonds. The van der Waals surface area contributed by atoms with E-state index in [1.165, 1.54) is 0 Å². The number of benzene rings is 1. The van der Waals surface area contributed by atoms with Crippen molar-refractivity contribution in [1.29, 1.82) is 0 Å². The van der Waals surface area contributed by atoms with Gasteiger partial charge in [0.1, 0.15) is 0 Å². The summed E-state index contributed by atoms with van der Waals surface area (Å²) in [5.41, 5.74) is 1.90. The molecule has 0 fully saturated rings. The Morgan fingerprint density at radius 3 is 2.86 bits per heavy atom. The first kappa shape index (κ1) is 9.74. The Morgan fingerprint density at radius 2 is 2.21 bits per heavy atom. The first-order valence-electron chi connectivity index (χ1n) is 4.16. The van der Waals surface area contributed by atoms with E-state index in [1.54, 1.807) is 0 Å². The third kappa shape index (κ3) is 1.99. The Hall–Kier alpha value is -0.800. The van der Waals surface area contributed by atoms with E-state index in [0.717, 1.165) is 15.9 Å². The van der Waals surface area contributed by atoms with Gasteiger partial charge in [0, 0.05) is 10.7 Å². The van der Waals surface area contributed by atoms with E-state index in [2.05, 4.69) is 21.0 Å². The quantitative estimate of drug-likeness (QED) is 0.766. The molecule has 14 heavy (non-hydrogen) atoms. The Kier molecular flexibility index (Phi) is 2.89. The van der Waals surface area contributed by atoms with Gasteiger partial charge in [-0.05, 0) is 24.3 Å². The second-order valence-electron chi connectivity index (χ2n) is 2.87. The summed E-state index contributed by atoms with van der Waals surface area (Å²) in [6.45, 7) is 0. The van der Waals surface area contributed by atoms with Crippen LogP contribution in [0.1, 0.15) is 5.69 Å². The van der Waals surface area contributed by atoms with Crippen molar-refractivity contribution in [2.24, 2.45) is 0 Å². The number of nitrogens with zero attached hydrogens (tertiary/aromatic N) is 2. The number of halogens is 2. The van der Waals surface area contributed by atoms with Crippen molar-refractivity contribution in [3.63, 3.8) is 0 Å². The maximum absolute atomic E-state index is 5.67. The second-order valence-corrected chi connectivity index (χ2v) is 4.05. The average Bonchev–Trinajstić information content (AvgIpc) is 2.66. The molecule has 0 spiro atoms. The van der Waals surface area contributed by atoms with Crippen molar-refractivity contribution in [1.82, 2.24) is 9.78 Å². The fraction of sp³-hybridized carbons (Fsp3) is 0.100. The molecule has 0 unspecified atom stereocenters. The number of rotatable bonds is 2. The number of hydrogen-bond donors (Lipinski definition) is 0. The highest BCUT2D eigenvalue weighted by Crippen LogP contribution is 2.15. The van der Waals surface area contributed by atoms with Crippen LogP contribution < -0.4 is 0 Å². The van der Waals surface area contributed by atoms with Crippen LogP contribution in [-0.2, 0) is 5.88 Å². The summed E-state index contributed by atoms with van der Waals surface area (Å²) in [7, 11) is 0. The van der Waals surface area contributed by atoms with Gasteiger partial charge in [0.25, 0.3) is 0 Å². The van der Waals surface area contributed by atoms with Gasteiger partial charge in [0.2, 0.25) is 0 Å². The van der Waals surface area contributed by atoms with E-state index in [0.29, 0.717) is 5.88 Å². The van der Waals surface area contributed by atoms with Crippen molar-refractivity contribution in [3.05, 3.63) is 46.7 Å². The minimum absolute atomic E-state index is 0.445. The van der Waals surface area contributed by atoms with Crippen LogP contribution in [0.3, 0.4) is 0 Å². The molecule has 2 rings (SSSR count). The summed E-state index contributed by atoms with van der Waals surface area (Å²) in [5.74, 6) is 0.445. The molecule has 0 saturated heterocycles. The number of alkyl halides is 1. The summed E-state index contributed by atoms with van der Waals surface area (Å²) in [6.07, 6.45) is 1.90. The van der Waals surface area contributed by atoms with Crippen molar-refractivity contribution in [3.8, 4) is 5.69 Å². The van der Waals surface area contributed by atoms with Crippen LogP contribution in [0.5, 0.6) is 0 Å². The zero-order valence-corrected chi connectivity index (χ0v) is 9.66. The molecular weight excluding hydrogens is 263 g/mol. The van der Waals surface area contributed by atoms with E-state index in [-0.39, 0.29) is 0 Å². The largest absolute Gasteiger partial charge is 0.241 e. The maximum atomic E-state index is 5.67. The van der Waals surface area contributed by atoms with Gasteiger partial charge in [-0.15, -0.1) is 11.6 Å². The summed E-state index contributed by atoms with van der Waals surface area (Å²) in [5, 5.41) is 4.30.